The minimum Gasteiger partial charge on any atom is -0.377 e. The van der Waals surface area contributed by atoms with Crippen LogP contribution in [-0.4, -0.2) is 28.3 Å². The molecule has 134 valence electrons. The second kappa shape index (κ2) is 9.48. The van der Waals surface area contributed by atoms with E-state index < -0.39 is 20.2 Å². The van der Waals surface area contributed by atoms with Gasteiger partial charge in [0.1, 0.15) is 0 Å². The molecule has 0 N–H and O–H groups in total. The fourth-order valence-electron chi connectivity index (χ4n) is 1.83. The molecule has 0 fully saturated rings. The summed E-state index contributed by atoms with van der Waals surface area (Å²) in [6.07, 6.45) is 5.77. The minimum atomic E-state index is -3.75. The number of rotatable bonds is 12. The topological polar surface area (TPSA) is 86.7 Å². The molecule has 0 aliphatic carbocycles. The lowest BCUT2D eigenvalue weighted by molar-refractivity contribution is 0.450. The van der Waals surface area contributed by atoms with E-state index in [1.807, 2.05) is 0 Å². The van der Waals surface area contributed by atoms with Crippen molar-refractivity contribution in [1.29, 1.82) is 0 Å². The van der Waals surface area contributed by atoms with Crippen LogP contribution in [0.2, 0.25) is 0 Å². The van der Waals surface area contributed by atoms with Crippen LogP contribution in [0.4, 0.5) is 0 Å². The van der Waals surface area contributed by atoms with Gasteiger partial charge in [0, 0.05) is 10.8 Å². The monoisotopic (exact) mass is 384 g/mol. The summed E-state index contributed by atoms with van der Waals surface area (Å²) >= 11 is 1.12. The van der Waals surface area contributed by atoms with E-state index in [9.17, 15) is 16.8 Å². The molecule has 9 heteroatoms. The van der Waals surface area contributed by atoms with Gasteiger partial charge in [-0.25, -0.2) is 0 Å². The van der Waals surface area contributed by atoms with Gasteiger partial charge >= 0.3 is 20.2 Å². The fraction of sp³-hybridized carbons (Fsp3) is 0.714. The maximum atomic E-state index is 12.0. The molecule has 23 heavy (non-hydrogen) atoms. The summed E-state index contributed by atoms with van der Waals surface area (Å²) in [6.45, 7) is 3.56. The van der Waals surface area contributed by atoms with Crippen molar-refractivity contribution in [2.24, 2.45) is 0 Å². The Morgan fingerprint density at radius 3 is 1.91 bits per heavy atom. The zero-order valence-electron chi connectivity index (χ0n) is 13.5. The Bertz CT molecular complexity index is 660. The van der Waals surface area contributed by atoms with Gasteiger partial charge in [-0.2, -0.15) is 16.8 Å². The highest BCUT2D eigenvalue weighted by Gasteiger charge is 2.20. The molecule has 0 unspecified atom stereocenters. The van der Waals surface area contributed by atoms with Crippen molar-refractivity contribution in [3.8, 4) is 11.5 Å². The highest BCUT2D eigenvalue weighted by atomic mass is 32.2. The number of thiophene rings is 1. The van der Waals surface area contributed by atoms with Gasteiger partial charge in [-0.1, -0.05) is 39.0 Å². The molecular formula is C14H24O6S3. The van der Waals surface area contributed by atoms with Crippen molar-refractivity contribution in [2.75, 3.05) is 11.5 Å². The van der Waals surface area contributed by atoms with E-state index in [0.717, 1.165) is 43.4 Å². The van der Waals surface area contributed by atoms with Gasteiger partial charge in [-0.05, 0) is 13.3 Å². The minimum absolute atomic E-state index is 0.0713. The van der Waals surface area contributed by atoms with E-state index in [-0.39, 0.29) is 23.0 Å². The predicted molar refractivity (Wildman–Crippen MR) is 92.2 cm³/mol. The smallest absolute Gasteiger partial charge is 0.309 e. The highest BCUT2D eigenvalue weighted by Crippen LogP contribution is 2.34. The van der Waals surface area contributed by atoms with Crippen LogP contribution in [0.3, 0.4) is 0 Å². The first-order chi connectivity index (χ1) is 10.8. The Labute approximate surface area is 143 Å². The van der Waals surface area contributed by atoms with Crippen molar-refractivity contribution in [2.45, 2.75) is 52.4 Å². The van der Waals surface area contributed by atoms with E-state index >= 15 is 0 Å². The maximum Gasteiger partial charge on any atom is 0.309 e. The lowest BCUT2D eigenvalue weighted by Gasteiger charge is -2.08. The van der Waals surface area contributed by atoms with Crippen LogP contribution in [0.25, 0.3) is 0 Å². The van der Waals surface area contributed by atoms with E-state index in [2.05, 4.69) is 6.92 Å². The molecule has 6 nitrogen and oxygen atoms in total. The van der Waals surface area contributed by atoms with Crippen LogP contribution in [0.15, 0.2) is 10.8 Å². The first kappa shape index (κ1) is 20.2. The molecule has 0 saturated carbocycles. The Balaban J connectivity index is 2.53. The molecule has 0 atom stereocenters. The molecule has 1 heterocycles. The van der Waals surface area contributed by atoms with E-state index in [0.29, 0.717) is 6.42 Å². The highest BCUT2D eigenvalue weighted by molar-refractivity contribution is 7.87. The second-order valence-corrected chi connectivity index (χ2v) is 9.44. The normalized spacial score (nSPS) is 12.3. The van der Waals surface area contributed by atoms with Crippen molar-refractivity contribution < 1.29 is 25.2 Å². The van der Waals surface area contributed by atoms with Gasteiger partial charge in [0.2, 0.25) is 0 Å². The molecule has 0 saturated heterocycles. The van der Waals surface area contributed by atoms with Crippen molar-refractivity contribution >= 4 is 31.6 Å². The molecule has 0 aromatic carbocycles. The largest absolute Gasteiger partial charge is 0.377 e. The van der Waals surface area contributed by atoms with Crippen molar-refractivity contribution in [3.05, 3.63) is 10.8 Å². The SMILES string of the molecule is CCCCCCCCS(=O)(=O)Oc1cscc1OS(=O)(=O)CC. The zero-order valence-corrected chi connectivity index (χ0v) is 15.9. The van der Waals surface area contributed by atoms with Crippen LogP contribution in [-0.2, 0) is 20.2 Å². The van der Waals surface area contributed by atoms with Gasteiger partial charge < -0.3 is 8.37 Å². The zero-order chi connectivity index (χ0) is 17.3. The lowest BCUT2D eigenvalue weighted by Crippen LogP contribution is -2.15. The van der Waals surface area contributed by atoms with E-state index in [1.54, 1.807) is 0 Å². The van der Waals surface area contributed by atoms with E-state index in [1.165, 1.54) is 17.7 Å². The Hall–Kier alpha value is -0.800. The number of unbranched alkanes of at least 4 members (excludes halogenated alkanes) is 5. The van der Waals surface area contributed by atoms with Crippen LogP contribution in [0, 0.1) is 0 Å². The Morgan fingerprint density at radius 1 is 0.826 bits per heavy atom. The third-order valence-corrected chi connectivity index (χ3v) is 6.19. The summed E-state index contributed by atoms with van der Waals surface area (Å²) in [6, 6.07) is 0. The van der Waals surface area contributed by atoms with Crippen molar-refractivity contribution in [3.63, 3.8) is 0 Å². The number of hydrogen-bond acceptors (Lipinski definition) is 7. The molecule has 0 spiro atoms. The third kappa shape index (κ3) is 8.03. The molecule has 1 aromatic rings. The van der Waals surface area contributed by atoms with Gasteiger partial charge in [-0.15, -0.1) is 11.3 Å². The van der Waals surface area contributed by atoms with E-state index in [4.69, 9.17) is 8.37 Å². The summed E-state index contributed by atoms with van der Waals surface area (Å²) < 4.78 is 56.6. The summed E-state index contributed by atoms with van der Waals surface area (Å²) in [5.41, 5.74) is 0. The quantitative estimate of drug-likeness (QED) is 0.405. The van der Waals surface area contributed by atoms with Crippen LogP contribution in [0.5, 0.6) is 11.5 Å². The Morgan fingerprint density at radius 2 is 1.35 bits per heavy atom. The number of hydrogen-bond donors (Lipinski definition) is 0. The van der Waals surface area contributed by atoms with Crippen LogP contribution < -0.4 is 8.37 Å². The van der Waals surface area contributed by atoms with Gasteiger partial charge in [0.05, 0.1) is 11.5 Å². The summed E-state index contributed by atoms with van der Waals surface area (Å²) in [5.74, 6) is -0.441. The molecule has 0 bridgehead atoms. The maximum absolute atomic E-state index is 12.0. The average molecular weight is 385 g/mol. The molecule has 1 aromatic heterocycles. The summed E-state index contributed by atoms with van der Waals surface area (Å²) in [7, 11) is -7.47. The first-order valence-electron chi connectivity index (χ1n) is 7.70. The molecular weight excluding hydrogens is 360 g/mol. The molecule has 0 aliphatic rings. The average Bonchev–Trinajstić information content (AvgIpc) is 2.88. The van der Waals surface area contributed by atoms with Gasteiger partial charge in [0.15, 0.2) is 11.5 Å². The Kier molecular flexibility index (Phi) is 8.35. The molecule has 1 rings (SSSR count). The summed E-state index contributed by atoms with van der Waals surface area (Å²) in [4.78, 5) is 0. The molecule has 0 radical (unpaired) electrons. The third-order valence-electron chi connectivity index (χ3n) is 3.13. The standard InChI is InChI=1S/C14H24O6S3/c1-3-5-6-7-8-9-10-23(17,18)20-14-12-21-11-13(14)19-22(15,16)4-2/h11-12H,3-10H2,1-2H3. The summed E-state index contributed by atoms with van der Waals surface area (Å²) in [5, 5.41) is 2.82. The van der Waals surface area contributed by atoms with Gasteiger partial charge in [0.25, 0.3) is 0 Å². The van der Waals surface area contributed by atoms with Gasteiger partial charge in [-0.3, -0.25) is 0 Å². The fourth-order valence-corrected chi connectivity index (χ4v) is 4.16. The first-order valence-corrected chi connectivity index (χ1v) is 11.8. The van der Waals surface area contributed by atoms with Crippen LogP contribution in [0.1, 0.15) is 52.4 Å². The predicted octanol–water partition coefficient (Wildman–Crippen LogP) is 3.55. The second-order valence-electron chi connectivity index (χ2n) is 5.14. The van der Waals surface area contributed by atoms with Crippen molar-refractivity contribution in [1.82, 2.24) is 0 Å². The molecule has 0 aliphatic heterocycles. The molecule has 0 amide bonds. The lowest BCUT2D eigenvalue weighted by atomic mass is 10.1. The van der Waals surface area contributed by atoms with Crippen LogP contribution >= 0.6 is 11.3 Å².